The zero-order valence-electron chi connectivity index (χ0n) is 20.5. The lowest BCUT2D eigenvalue weighted by atomic mass is 9.94. The fourth-order valence-corrected chi connectivity index (χ4v) is 4.00. The number of hydrogen-bond donors (Lipinski definition) is 1. The summed E-state index contributed by atoms with van der Waals surface area (Å²) < 4.78 is 5.52. The van der Waals surface area contributed by atoms with Gasteiger partial charge in [0.15, 0.2) is 0 Å². The Labute approximate surface area is 204 Å². The molecule has 0 fully saturated rings. The molecule has 0 saturated carbocycles. The quantitative estimate of drug-likeness (QED) is 0.182. The van der Waals surface area contributed by atoms with Crippen molar-refractivity contribution in [2.45, 2.75) is 65.6 Å². The van der Waals surface area contributed by atoms with Crippen molar-refractivity contribution in [1.29, 1.82) is 0 Å². The van der Waals surface area contributed by atoms with Crippen molar-refractivity contribution >= 4 is 5.97 Å². The number of aryl methyl sites for hydroxylation is 3. The van der Waals surface area contributed by atoms with Crippen molar-refractivity contribution in [3.63, 3.8) is 0 Å². The van der Waals surface area contributed by atoms with Crippen LogP contribution in [0.25, 0.3) is 11.1 Å². The monoisotopic (exact) mass is 456 g/mol. The van der Waals surface area contributed by atoms with Crippen LogP contribution in [0.4, 0.5) is 0 Å². The molecule has 0 aliphatic carbocycles. The number of aliphatic hydroxyl groups is 1. The highest BCUT2D eigenvalue weighted by molar-refractivity contribution is 5.87. The minimum atomic E-state index is -0.369. The molecule has 0 spiro atoms. The summed E-state index contributed by atoms with van der Waals surface area (Å²) in [6.45, 7) is 7.86. The lowest BCUT2D eigenvalue weighted by molar-refractivity contribution is -0.140. The molecule has 0 amide bonds. The Kier molecular flexibility index (Phi) is 9.66. The number of carbonyl (C=O) groups is 1. The fraction of sp³-hybridized carbons (Fsp3) is 0.323. The maximum atomic E-state index is 12.0. The van der Waals surface area contributed by atoms with Crippen molar-refractivity contribution in [1.82, 2.24) is 0 Å². The minimum absolute atomic E-state index is 0.0632. The molecule has 0 unspecified atom stereocenters. The first-order chi connectivity index (χ1) is 16.5. The van der Waals surface area contributed by atoms with Crippen LogP contribution in [0.15, 0.2) is 78.9 Å². The van der Waals surface area contributed by atoms with Crippen LogP contribution in [0.5, 0.6) is 0 Å². The number of unbranched alkanes of at least 4 members (excludes halogenated alkanes) is 2. The maximum Gasteiger partial charge on any atom is 0.333 e. The summed E-state index contributed by atoms with van der Waals surface area (Å²) in [5, 5.41) is 9.23. The Bertz CT molecular complexity index is 1080. The van der Waals surface area contributed by atoms with Gasteiger partial charge < -0.3 is 9.84 Å². The number of aliphatic hydroxyl groups excluding tert-OH is 1. The summed E-state index contributed by atoms with van der Waals surface area (Å²) in [4.78, 5) is 12.0. The zero-order chi connectivity index (χ0) is 24.3. The third kappa shape index (κ3) is 7.43. The van der Waals surface area contributed by atoms with E-state index in [1.165, 1.54) is 36.0 Å². The molecule has 0 aliphatic rings. The zero-order valence-corrected chi connectivity index (χ0v) is 20.5. The second kappa shape index (κ2) is 12.9. The van der Waals surface area contributed by atoms with E-state index < -0.39 is 0 Å². The van der Waals surface area contributed by atoms with Crippen LogP contribution in [-0.4, -0.2) is 11.1 Å². The second-order valence-electron chi connectivity index (χ2n) is 8.98. The first-order valence-electron chi connectivity index (χ1n) is 12.2. The summed E-state index contributed by atoms with van der Waals surface area (Å²) in [5.74, 6) is -0.369. The Morgan fingerprint density at radius 1 is 0.824 bits per heavy atom. The molecule has 1 N–H and O–H groups in total. The Hall–Kier alpha value is -3.17. The highest BCUT2D eigenvalue weighted by Crippen LogP contribution is 2.27. The first-order valence-corrected chi connectivity index (χ1v) is 12.2. The summed E-state index contributed by atoms with van der Waals surface area (Å²) in [6, 6.07) is 23.3. The van der Waals surface area contributed by atoms with E-state index in [0.717, 1.165) is 41.5 Å². The van der Waals surface area contributed by atoms with Gasteiger partial charge in [-0.1, -0.05) is 93.1 Å². The van der Waals surface area contributed by atoms with Crippen molar-refractivity contribution < 1.29 is 14.6 Å². The van der Waals surface area contributed by atoms with Gasteiger partial charge in [-0.25, -0.2) is 4.79 Å². The molecule has 0 heterocycles. The average molecular weight is 457 g/mol. The number of ether oxygens (including phenoxy) is 1. The highest BCUT2D eigenvalue weighted by atomic mass is 16.5. The molecular formula is C31H36O3. The van der Waals surface area contributed by atoms with Crippen molar-refractivity contribution in [3.8, 4) is 11.1 Å². The van der Waals surface area contributed by atoms with Gasteiger partial charge in [-0.2, -0.15) is 0 Å². The molecule has 3 aromatic carbocycles. The second-order valence-corrected chi connectivity index (χ2v) is 8.98. The van der Waals surface area contributed by atoms with Gasteiger partial charge in [0.25, 0.3) is 0 Å². The third-order valence-corrected chi connectivity index (χ3v) is 6.12. The smallest absolute Gasteiger partial charge is 0.333 e. The van der Waals surface area contributed by atoms with Gasteiger partial charge in [0.2, 0.25) is 0 Å². The first kappa shape index (κ1) is 25.5. The van der Waals surface area contributed by atoms with Gasteiger partial charge in [0.1, 0.15) is 6.61 Å². The molecule has 178 valence electrons. The van der Waals surface area contributed by atoms with E-state index in [9.17, 15) is 9.90 Å². The molecule has 0 saturated heterocycles. The lowest BCUT2D eigenvalue weighted by Gasteiger charge is -2.14. The number of carbonyl (C=O) groups excluding carboxylic acids is 1. The Balaban J connectivity index is 1.78. The average Bonchev–Trinajstić information content (AvgIpc) is 2.87. The van der Waals surface area contributed by atoms with Crippen LogP contribution in [0.3, 0.4) is 0 Å². The van der Waals surface area contributed by atoms with E-state index in [4.69, 9.17) is 4.74 Å². The highest BCUT2D eigenvalue weighted by Gasteiger charge is 2.11. The predicted octanol–water partition coefficient (Wildman–Crippen LogP) is 6.98. The summed E-state index contributed by atoms with van der Waals surface area (Å²) in [6.07, 6.45) is 6.60. The number of benzene rings is 3. The van der Waals surface area contributed by atoms with Crippen molar-refractivity contribution in [2.75, 3.05) is 0 Å². The molecule has 34 heavy (non-hydrogen) atoms. The van der Waals surface area contributed by atoms with Gasteiger partial charge in [-0.05, 0) is 71.6 Å². The van der Waals surface area contributed by atoms with Gasteiger partial charge in [-0.15, -0.1) is 0 Å². The fourth-order valence-electron chi connectivity index (χ4n) is 4.00. The van der Waals surface area contributed by atoms with Crippen LogP contribution in [0.1, 0.15) is 60.9 Å². The molecule has 0 atom stereocenters. The van der Waals surface area contributed by atoms with Crippen molar-refractivity contribution in [3.05, 3.63) is 107 Å². The standard InChI is InChI=1S/C31H36O3/c1-4-5-6-7-24-14-17-28(18-15-24)30-19-16-26(20-29(30)22-34-31(33)23(2)3)11-8-25-9-12-27(21-32)13-10-25/h9-10,12-20,32H,2,4-8,11,21-22H2,1,3H3. The van der Waals surface area contributed by atoms with Crippen LogP contribution < -0.4 is 0 Å². The molecule has 0 aromatic heterocycles. The third-order valence-electron chi connectivity index (χ3n) is 6.12. The predicted molar refractivity (Wildman–Crippen MR) is 139 cm³/mol. The van der Waals surface area contributed by atoms with E-state index in [1.54, 1.807) is 6.92 Å². The molecule has 3 nitrogen and oxygen atoms in total. The van der Waals surface area contributed by atoms with Gasteiger partial charge in [-0.3, -0.25) is 0 Å². The minimum Gasteiger partial charge on any atom is -0.457 e. The van der Waals surface area contributed by atoms with Gasteiger partial charge in [0, 0.05) is 5.57 Å². The molecule has 0 bridgehead atoms. The summed E-state index contributed by atoms with van der Waals surface area (Å²) in [5.41, 5.74) is 8.34. The van der Waals surface area contributed by atoms with Gasteiger partial charge in [0.05, 0.1) is 6.61 Å². The molecule has 3 heteroatoms. The topological polar surface area (TPSA) is 46.5 Å². The van der Waals surface area contributed by atoms with E-state index in [0.29, 0.717) is 5.57 Å². The maximum absolute atomic E-state index is 12.0. The van der Waals surface area contributed by atoms with Crippen LogP contribution in [-0.2, 0) is 42.0 Å². The van der Waals surface area contributed by atoms with E-state index in [-0.39, 0.29) is 19.2 Å². The number of hydrogen-bond acceptors (Lipinski definition) is 3. The molecule has 3 aromatic rings. The van der Waals surface area contributed by atoms with Crippen LogP contribution >= 0.6 is 0 Å². The number of esters is 1. The van der Waals surface area contributed by atoms with E-state index in [2.05, 4.69) is 68.1 Å². The largest absolute Gasteiger partial charge is 0.457 e. The van der Waals surface area contributed by atoms with E-state index >= 15 is 0 Å². The number of rotatable bonds is 12. The van der Waals surface area contributed by atoms with Gasteiger partial charge >= 0.3 is 5.97 Å². The Morgan fingerprint density at radius 3 is 2.06 bits per heavy atom. The molecule has 0 radical (unpaired) electrons. The molecular weight excluding hydrogens is 420 g/mol. The summed E-state index contributed by atoms with van der Waals surface area (Å²) >= 11 is 0. The SMILES string of the molecule is C=C(C)C(=O)OCc1cc(CCc2ccc(CO)cc2)ccc1-c1ccc(CCCCC)cc1. The molecule has 3 rings (SSSR count). The summed E-state index contributed by atoms with van der Waals surface area (Å²) in [7, 11) is 0. The lowest BCUT2D eigenvalue weighted by Crippen LogP contribution is -2.06. The van der Waals surface area contributed by atoms with Crippen LogP contribution in [0.2, 0.25) is 0 Å². The van der Waals surface area contributed by atoms with E-state index in [1.807, 2.05) is 12.1 Å². The normalized spacial score (nSPS) is 10.8. The van der Waals surface area contributed by atoms with Crippen molar-refractivity contribution in [2.24, 2.45) is 0 Å². The molecule has 0 aliphatic heterocycles. The Morgan fingerprint density at radius 2 is 1.41 bits per heavy atom. The van der Waals surface area contributed by atoms with Crippen LogP contribution in [0, 0.1) is 0 Å².